The van der Waals surface area contributed by atoms with Gasteiger partial charge in [0.25, 0.3) is 5.91 Å². The summed E-state index contributed by atoms with van der Waals surface area (Å²) in [6, 6.07) is 16.6. The third-order valence-electron chi connectivity index (χ3n) is 5.46. The number of pyridine rings is 1. The van der Waals surface area contributed by atoms with Crippen molar-refractivity contribution in [3.8, 4) is 0 Å². The minimum Gasteiger partial charge on any atom is -0.366 e. The van der Waals surface area contributed by atoms with Gasteiger partial charge >= 0.3 is 0 Å². The number of nitrogens with one attached hydrogen (secondary N) is 1. The van der Waals surface area contributed by atoms with E-state index in [1.165, 1.54) is 11.1 Å². The molecule has 2 heterocycles. The second-order valence-electron chi connectivity index (χ2n) is 7.29. The maximum absolute atomic E-state index is 12.9. The van der Waals surface area contributed by atoms with Crippen LogP contribution in [0.2, 0.25) is 0 Å². The average Bonchev–Trinajstić information content (AvgIpc) is 2.74. The molecular weight excluding hydrogens is 346 g/mol. The number of benzene rings is 2. The lowest BCUT2D eigenvalue weighted by Crippen LogP contribution is -2.30. The largest absolute Gasteiger partial charge is 0.366 e. The van der Waals surface area contributed by atoms with Crippen molar-refractivity contribution in [2.45, 2.75) is 33.2 Å². The van der Waals surface area contributed by atoms with Crippen LogP contribution in [0.25, 0.3) is 0 Å². The maximum atomic E-state index is 12.9. The number of nitrogens with zero attached hydrogens (tertiary/aromatic N) is 2. The Labute approximate surface area is 166 Å². The number of hydrogen-bond donors (Lipinski definition) is 1. The van der Waals surface area contributed by atoms with Crippen LogP contribution in [0.1, 0.15) is 39.5 Å². The van der Waals surface area contributed by atoms with Crippen molar-refractivity contribution in [2.75, 3.05) is 16.8 Å². The summed E-state index contributed by atoms with van der Waals surface area (Å²) in [7, 11) is 0. The zero-order valence-electron chi connectivity index (χ0n) is 16.4. The van der Waals surface area contributed by atoms with Gasteiger partial charge in [0.15, 0.2) is 0 Å². The molecule has 0 radical (unpaired) electrons. The fourth-order valence-electron chi connectivity index (χ4n) is 3.83. The third-order valence-corrected chi connectivity index (χ3v) is 5.46. The van der Waals surface area contributed by atoms with Crippen LogP contribution in [0.3, 0.4) is 0 Å². The molecule has 1 N–H and O–H groups in total. The van der Waals surface area contributed by atoms with Crippen molar-refractivity contribution in [2.24, 2.45) is 0 Å². The van der Waals surface area contributed by atoms with Crippen LogP contribution in [0.4, 0.5) is 11.4 Å². The van der Waals surface area contributed by atoms with Crippen LogP contribution in [0, 0.1) is 6.92 Å². The van der Waals surface area contributed by atoms with Gasteiger partial charge in [-0.15, -0.1) is 0 Å². The molecule has 0 bridgehead atoms. The Balaban J connectivity index is 1.55. The normalized spacial score (nSPS) is 13.1. The van der Waals surface area contributed by atoms with E-state index in [1.54, 1.807) is 6.20 Å². The van der Waals surface area contributed by atoms with E-state index in [1.807, 2.05) is 31.3 Å². The Kier molecular flexibility index (Phi) is 5.11. The first-order valence-electron chi connectivity index (χ1n) is 9.82. The lowest BCUT2D eigenvalue weighted by molar-refractivity contribution is 0.102. The fourth-order valence-corrected chi connectivity index (χ4v) is 3.83. The average molecular weight is 371 g/mol. The van der Waals surface area contributed by atoms with Gasteiger partial charge in [0.1, 0.15) is 0 Å². The van der Waals surface area contributed by atoms with Gasteiger partial charge in [-0.05, 0) is 48.1 Å². The van der Waals surface area contributed by atoms with Crippen molar-refractivity contribution < 1.29 is 4.79 Å². The highest BCUT2D eigenvalue weighted by Gasteiger charge is 2.18. The van der Waals surface area contributed by atoms with Crippen molar-refractivity contribution in [3.05, 3.63) is 88.7 Å². The summed E-state index contributed by atoms with van der Waals surface area (Å²) in [6.45, 7) is 5.90. The van der Waals surface area contributed by atoms with Crippen LogP contribution in [0.15, 0.2) is 60.9 Å². The van der Waals surface area contributed by atoms with Gasteiger partial charge in [0.05, 0.1) is 17.4 Å². The van der Waals surface area contributed by atoms with E-state index < -0.39 is 0 Å². The quantitative estimate of drug-likeness (QED) is 0.719. The molecule has 1 aliphatic heterocycles. The molecule has 0 saturated carbocycles. The predicted octanol–water partition coefficient (Wildman–Crippen LogP) is 4.77. The number of rotatable bonds is 4. The van der Waals surface area contributed by atoms with Gasteiger partial charge in [0.2, 0.25) is 0 Å². The number of carbonyl (C=O) groups is 1. The number of anilines is 2. The number of carbonyl (C=O) groups excluding carboxylic acids is 1. The first-order chi connectivity index (χ1) is 13.7. The van der Waals surface area contributed by atoms with Crippen molar-refractivity contribution in [1.82, 2.24) is 4.98 Å². The molecule has 0 saturated heterocycles. The highest BCUT2D eigenvalue weighted by molar-refractivity contribution is 6.05. The SMILES string of the molecule is CCc1cccc(C)c1NC(=O)c1cncc(N2CCc3ccccc3C2)c1. The molecule has 0 aliphatic carbocycles. The van der Waals surface area contributed by atoms with Crippen molar-refractivity contribution in [3.63, 3.8) is 0 Å². The number of para-hydroxylation sites is 1. The molecule has 142 valence electrons. The van der Waals surface area contributed by atoms with Crippen LogP contribution < -0.4 is 10.2 Å². The Morgan fingerprint density at radius 3 is 2.75 bits per heavy atom. The molecular formula is C24H25N3O. The second-order valence-corrected chi connectivity index (χ2v) is 7.29. The molecule has 0 spiro atoms. The van der Waals surface area contributed by atoms with Gasteiger partial charge in [-0.25, -0.2) is 0 Å². The molecule has 1 aromatic heterocycles. The topological polar surface area (TPSA) is 45.2 Å². The second kappa shape index (κ2) is 7.85. The highest BCUT2D eigenvalue weighted by Crippen LogP contribution is 2.26. The maximum Gasteiger partial charge on any atom is 0.257 e. The van der Waals surface area contributed by atoms with E-state index in [2.05, 4.69) is 52.5 Å². The van der Waals surface area contributed by atoms with Crippen LogP contribution >= 0.6 is 0 Å². The van der Waals surface area contributed by atoms with E-state index >= 15 is 0 Å². The molecule has 4 nitrogen and oxygen atoms in total. The Hall–Kier alpha value is -3.14. The molecule has 1 amide bonds. The number of aromatic nitrogens is 1. The number of amides is 1. The Morgan fingerprint density at radius 1 is 1.11 bits per heavy atom. The van der Waals surface area contributed by atoms with E-state index in [9.17, 15) is 4.79 Å². The van der Waals surface area contributed by atoms with Gasteiger partial charge in [-0.2, -0.15) is 0 Å². The smallest absolute Gasteiger partial charge is 0.257 e. The first-order valence-corrected chi connectivity index (χ1v) is 9.82. The lowest BCUT2D eigenvalue weighted by atomic mass is 9.99. The monoisotopic (exact) mass is 371 g/mol. The summed E-state index contributed by atoms with van der Waals surface area (Å²) >= 11 is 0. The van der Waals surface area contributed by atoms with Gasteiger partial charge in [-0.1, -0.05) is 49.4 Å². The molecule has 28 heavy (non-hydrogen) atoms. The zero-order valence-corrected chi connectivity index (χ0v) is 16.4. The van der Waals surface area contributed by atoms with Gasteiger partial charge in [0, 0.05) is 25.0 Å². The zero-order chi connectivity index (χ0) is 19.5. The minimum absolute atomic E-state index is 0.115. The summed E-state index contributed by atoms with van der Waals surface area (Å²) in [5.74, 6) is -0.115. The Bertz CT molecular complexity index is 1010. The van der Waals surface area contributed by atoms with Crippen LogP contribution in [-0.2, 0) is 19.4 Å². The molecule has 0 fully saturated rings. The number of hydrogen-bond acceptors (Lipinski definition) is 3. The minimum atomic E-state index is -0.115. The molecule has 4 heteroatoms. The van der Waals surface area contributed by atoms with Crippen molar-refractivity contribution in [1.29, 1.82) is 0 Å². The molecule has 0 atom stereocenters. The van der Waals surface area contributed by atoms with E-state index in [-0.39, 0.29) is 5.91 Å². The molecule has 0 unspecified atom stereocenters. The Morgan fingerprint density at radius 2 is 1.93 bits per heavy atom. The summed E-state index contributed by atoms with van der Waals surface area (Å²) in [4.78, 5) is 19.5. The van der Waals surface area contributed by atoms with Gasteiger partial charge < -0.3 is 10.2 Å². The summed E-state index contributed by atoms with van der Waals surface area (Å²) in [5.41, 5.74) is 7.45. The molecule has 2 aromatic carbocycles. The third kappa shape index (κ3) is 3.63. The first kappa shape index (κ1) is 18.2. The number of aryl methyl sites for hydroxylation is 2. The standard InChI is InChI=1S/C24H25N3O/c1-3-18-10-6-7-17(2)23(18)26-24(28)21-13-22(15-25-14-21)27-12-11-19-8-4-5-9-20(19)16-27/h4-10,13-15H,3,11-12,16H2,1-2H3,(H,26,28). The summed E-state index contributed by atoms with van der Waals surface area (Å²) in [6.07, 6.45) is 5.37. The van der Waals surface area contributed by atoms with E-state index in [0.29, 0.717) is 5.56 Å². The lowest BCUT2D eigenvalue weighted by Gasteiger charge is -2.30. The predicted molar refractivity (Wildman–Crippen MR) is 114 cm³/mol. The fraction of sp³-hybridized carbons (Fsp3) is 0.250. The summed E-state index contributed by atoms with van der Waals surface area (Å²) < 4.78 is 0. The summed E-state index contributed by atoms with van der Waals surface area (Å²) in [5, 5.41) is 3.09. The van der Waals surface area contributed by atoms with E-state index in [4.69, 9.17) is 0 Å². The number of fused-ring (bicyclic) bond motifs is 1. The van der Waals surface area contributed by atoms with Gasteiger partial charge in [-0.3, -0.25) is 9.78 Å². The molecule has 1 aliphatic rings. The molecule has 3 aromatic rings. The van der Waals surface area contributed by atoms with Crippen molar-refractivity contribution >= 4 is 17.3 Å². The van der Waals surface area contributed by atoms with E-state index in [0.717, 1.165) is 48.4 Å². The molecule has 4 rings (SSSR count). The highest BCUT2D eigenvalue weighted by atomic mass is 16.1. The van der Waals surface area contributed by atoms with Crippen LogP contribution in [0.5, 0.6) is 0 Å². The van der Waals surface area contributed by atoms with Crippen LogP contribution in [-0.4, -0.2) is 17.4 Å².